The van der Waals surface area contributed by atoms with Crippen LogP contribution in [0.15, 0.2) is 60.7 Å². The van der Waals surface area contributed by atoms with Crippen LogP contribution >= 0.6 is 0 Å². The molecule has 0 saturated carbocycles. The summed E-state index contributed by atoms with van der Waals surface area (Å²) < 4.78 is 36.0. The smallest absolute Gasteiger partial charge is 0.412 e. The topological polar surface area (TPSA) is 96.0 Å². The molecule has 5 rings (SSSR count). The molecule has 246 valence electrons. The molecule has 0 radical (unpaired) electrons. The largest absolute Gasteiger partial charge is 0.496 e. The van der Waals surface area contributed by atoms with Crippen molar-refractivity contribution in [3.8, 4) is 17.2 Å². The van der Waals surface area contributed by atoms with Crippen LogP contribution in [0.5, 0.6) is 17.2 Å². The van der Waals surface area contributed by atoms with Crippen LogP contribution in [0.1, 0.15) is 47.7 Å². The Labute approximate surface area is 271 Å². The lowest BCUT2D eigenvalue weighted by atomic mass is 9.81. The predicted octanol–water partition coefficient (Wildman–Crippen LogP) is 5.48. The molecule has 3 aromatic carbocycles. The summed E-state index contributed by atoms with van der Waals surface area (Å²) in [6.45, 7) is 5.98. The molecule has 10 nitrogen and oxygen atoms in total. The second kappa shape index (κ2) is 14.4. The average molecular weight is 633 g/mol. The Bertz CT molecular complexity index is 1510. The maximum absolute atomic E-state index is 14.9. The first-order valence-electron chi connectivity index (χ1n) is 15.6. The number of methoxy groups -OCH3 is 4. The predicted molar refractivity (Wildman–Crippen MR) is 172 cm³/mol. The van der Waals surface area contributed by atoms with E-state index < -0.39 is 30.4 Å². The molecule has 2 aliphatic rings. The second-order valence-electron chi connectivity index (χ2n) is 11.8. The molecule has 0 unspecified atom stereocenters. The molecule has 2 amide bonds. The normalized spacial score (nSPS) is 20.7. The number of nitrogens with zero attached hydrogens (tertiary/aromatic N) is 2. The third-order valence-electron chi connectivity index (χ3n) is 8.71. The molecule has 0 N–H and O–H groups in total. The number of fused-ring (bicyclic) bond motifs is 2. The van der Waals surface area contributed by atoms with Crippen LogP contribution in [-0.2, 0) is 38.5 Å². The highest BCUT2D eigenvalue weighted by Gasteiger charge is 2.55. The number of carbonyl (C=O) groups is 2. The van der Waals surface area contributed by atoms with E-state index in [1.165, 1.54) is 4.90 Å². The van der Waals surface area contributed by atoms with Gasteiger partial charge >= 0.3 is 6.09 Å². The van der Waals surface area contributed by atoms with Gasteiger partial charge in [-0.05, 0) is 31.9 Å². The number of hydrogen-bond donors (Lipinski definition) is 0. The van der Waals surface area contributed by atoms with Crippen LogP contribution in [0.25, 0.3) is 0 Å². The molecule has 0 bridgehead atoms. The standard InChI is InChI=1S/C36H44N2O8/c1-22(2)46-36(40)38-27(18-24-14-10-8-11-15-24)34(39)37-28(35(38)44-7)19-26-30(29(37)21-45-20-25-16-12-9-13-17-25)33(43-6)32(42-5)23(3)31(26)41-4/h8-17,22,27-29,35H,18-21H2,1-7H3/t27-,28-,29-,35+/m0/s1. The van der Waals surface area contributed by atoms with E-state index in [-0.39, 0.29) is 25.0 Å². The lowest BCUT2D eigenvalue weighted by molar-refractivity contribution is -0.180. The number of piperazine rings is 1. The maximum Gasteiger partial charge on any atom is 0.412 e. The third kappa shape index (κ3) is 6.24. The molecule has 0 aliphatic carbocycles. The van der Waals surface area contributed by atoms with Gasteiger partial charge in [0.25, 0.3) is 0 Å². The Kier molecular flexibility index (Phi) is 10.4. The molecular weight excluding hydrogens is 588 g/mol. The van der Waals surface area contributed by atoms with Crippen LogP contribution in [-0.4, -0.2) is 81.3 Å². The van der Waals surface area contributed by atoms with Crippen LogP contribution < -0.4 is 14.2 Å². The molecular formula is C36H44N2O8. The van der Waals surface area contributed by atoms with Gasteiger partial charge in [-0.25, -0.2) is 4.79 Å². The summed E-state index contributed by atoms with van der Waals surface area (Å²) in [6.07, 6.45) is -1.20. The second-order valence-corrected chi connectivity index (χ2v) is 11.8. The summed E-state index contributed by atoms with van der Waals surface area (Å²) in [5.41, 5.74) is 4.28. The third-order valence-corrected chi connectivity index (χ3v) is 8.71. The Balaban J connectivity index is 1.68. The first-order valence-corrected chi connectivity index (χ1v) is 15.6. The lowest BCUT2D eigenvalue weighted by Gasteiger charge is -2.54. The van der Waals surface area contributed by atoms with Gasteiger partial charge in [0.1, 0.15) is 11.8 Å². The highest BCUT2D eigenvalue weighted by atomic mass is 16.6. The maximum atomic E-state index is 14.9. The van der Waals surface area contributed by atoms with Crippen molar-refractivity contribution in [2.75, 3.05) is 35.0 Å². The van der Waals surface area contributed by atoms with Gasteiger partial charge < -0.3 is 33.3 Å². The van der Waals surface area contributed by atoms with Crippen LogP contribution in [0, 0.1) is 6.92 Å². The van der Waals surface area contributed by atoms with Crippen molar-refractivity contribution in [1.29, 1.82) is 0 Å². The fourth-order valence-electron chi connectivity index (χ4n) is 6.86. The molecule has 1 saturated heterocycles. The van der Waals surface area contributed by atoms with Crippen molar-refractivity contribution in [3.05, 3.63) is 88.5 Å². The molecule has 0 aromatic heterocycles. The van der Waals surface area contributed by atoms with E-state index in [0.717, 1.165) is 27.8 Å². The Morgan fingerprint density at radius 1 is 0.848 bits per heavy atom. The minimum Gasteiger partial charge on any atom is -0.496 e. The van der Waals surface area contributed by atoms with Gasteiger partial charge in [-0.3, -0.25) is 9.69 Å². The number of amides is 2. The Morgan fingerprint density at radius 3 is 2.02 bits per heavy atom. The van der Waals surface area contributed by atoms with Crippen molar-refractivity contribution < 1.29 is 38.0 Å². The molecule has 1 fully saturated rings. The van der Waals surface area contributed by atoms with Crippen LogP contribution in [0.3, 0.4) is 0 Å². The van der Waals surface area contributed by atoms with Crippen molar-refractivity contribution in [3.63, 3.8) is 0 Å². The van der Waals surface area contributed by atoms with E-state index in [1.54, 1.807) is 42.3 Å². The molecule has 10 heteroatoms. The van der Waals surface area contributed by atoms with E-state index in [4.69, 9.17) is 28.4 Å². The van der Waals surface area contributed by atoms with Gasteiger partial charge in [-0.1, -0.05) is 60.7 Å². The van der Waals surface area contributed by atoms with Crippen molar-refractivity contribution in [1.82, 2.24) is 9.80 Å². The molecule has 2 aliphatic heterocycles. The van der Waals surface area contributed by atoms with Gasteiger partial charge in [-0.15, -0.1) is 0 Å². The zero-order valence-corrected chi connectivity index (χ0v) is 27.6. The van der Waals surface area contributed by atoms with Crippen molar-refractivity contribution in [2.24, 2.45) is 0 Å². The zero-order valence-electron chi connectivity index (χ0n) is 27.6. The number of carbonyl (C=O) groups excluding carboxylic acids is 2. The summed E-state index contributed by atoms with van der Waals surface area (Å²) in [6, 6.07) is 17.4. The van der Waals surface area contributed by atoms with Gasteiger partial charge in [-0.2, -0.15) is 0 Å². The van der Waals surface area contributed by atoms with Gasteiger partial charge in [0.05, 0.1) is 52.7 Å². The summed E-state index contributed by atoms with van der Waals surface area (Å²) in [5, 5.41) is 0. The molecule has 4 atom stereocenters. The number of benzene rings is 3. The number of ether oxygens (including phenoxy) is 6. The SMILES string of the molecule is COc1c(C)c(OC)c(OC)c2c1C[C@H]1[C@@H](OC)N(C(=O)OC(C)C)[C@@H](Cc3ccccc3)C(=O)N1[C@H]2COCc1ccccc1. The minimum absolute atomic E-state index is 0.154. The zero-order chi connectivity index (χ0) is 33.0. The average Bonchev–Trinajstić information content (AvgIpc) is 3.05. The van der Waals surface area contributed by atoms with E-state index in [9.17, 15) is 9.59 Å². The summed E-state index contributed by atoms with van der Waals surface area (Å²) >= 11 is 0. The lowest BCUT2D eigenvalue weighted by Crippen LogP contribution is -2.71. The fourth-order valence-corrected chi connectivity index (χ4v) is 6.86. The number of hydrogen-bond acceptors (Lipinski definition) is 8. The highest BCUT2D eigenvalue weighted by Crippen LogP contribution is 2.52. The van der Waals surface area contributed by atoms with E-state index in [1.807, 2.05) is 72.5 Å². The van der Waals surface area contributed by atoms with Gasteiger partial charge in [0.2, 0.25) is 5.91 Å². The summed E-state index contributed by atoms with van der Waals surface area (Å²) in [4.78, 5) is 32.0. The Morgan fingerprint density at radius 2 is 1.46 bits per heavy atom. The number of rotatable bonds is 11. The minimum atomic E-state index is -0.895. The first kappa shape index (κ1) is 33.1. The van der Waals surface area contributed by atoms with Crippen molar-refractivity contribution in [2.45, 2.75) is 70.7 Å². The fraction of sp³-hybridized carbons (Fsp3) is 0.444. The van der Waals surface area contributed by atoms with Gasteiger partial charge in [0, 0.05) is 36.6 Å². The van der Waals surface area contributed by atoms with E-state index in [0.29, 0.717) is 30.3 Å². The Hall–Kier alpha value is -4.28. The van der Waals surface area contributed by atoms with Crippen LogP contribution in [0.2, 0.25) is 0 Å². The summed E-state index contributed by atoms with van der Waals surface area (Å²) in [5.74, 6) is 1.44. The molecule has 0 spiro atoms. The molecule has 2 heterocycles. The first-order chi connectivity index (χ1) is 22.2. The summed E-state index contributed by atoms with van der Waals surface area (Å²) in [7, 11) is 6.35. The molecule has 3 aromatic rings. The van der Waals surface area contributed by atoms with Crippen LogP contribution in [0.4, 0.5) is 4.79 Å². The molecule has 46 heavy (non-hydrogen) atoms. The van der Waals surface area contributed by atoms with E-state index in [2.05, 4.69) is 0 Å². The van der Waals surface area contributed by atoms with Crippen molar-refractivity contribution >= 4 is 12.0 Å². The van der Waals surface area contributed by atoms with Gasteiger partial charge in [0.15, 0.2) is 17.7 Å². The monoisotopic (exact) mass is 632 g/mol. The quantitative estimate of drug-likeness (QED) is 0.275. The highest BCUT2D eigenvalue weighted by molar-refractivity contribution is 5.89. The van der Waals surface area contributed by atoms with E-state index >= 15 is 0 Å².